The molecule has 1 heterocycles. The second-order valence-corrected chi connectivity index (χ2v) is 4.40. The molecule has 0 aliphatic rings. The molecule has 0 spiro atoms. The van der Waals surface area contributed by atoms with Gasteiger partial charge in [-0.3, -0.25) is 4.79 Å². The lowest BCUT2D eigenvalue weighted by atomic mass is 10.1. The van der Waals surface area contributed by atoms with E-state index < -0.39 is 5.91 Å². The largest absolute Gasteiger partial charge is 0.484 e. The highest BCUT2D eigenvalue weighted by Crippen LogP contribution is 2.25. The fraction of sp³-hybridized carbons (Fsp3) is 0.267. The number of primary amides is 1. The Balaban J connectivity index is 2.05. The molecule has 5 heteroatoms. The van der Waals surface area contributed by atoms with Crippen molar-refractivity contribution in [1.82, 2.24) is 0 Å². The van der Waals surface area contributed by atoms with Crippen molar-refractivity contribution >= 4 is 11.6 Å². The molecule has 1 unspecified atom stereocenters. The van der Waals surface area contributed by atoms with Crippen LogP contribution < -0.4 is 15.8 Å². The number of furan rings is 1. The Kier molecular flexibility index (Phi) is 4.65. The van der Waals surface area contributed by atoms with Crippen LogP contribution in [0.4, 0.5) is 5.69 Å². The number of carbonyl (C=O) groups excluding carboxylic acids is 1. The summed E-state index contributed by atoms with van der Waals surface area (Å²) in [5.74, 6) is 0.990. The summed E-state index contributed by atoms with van der Waals surface area (Å²) in [7, 11) is 0. The number of ether oxygens (including phenoxy) is 1. The van der Waals surface area contributed by atoms with Crippen molar-refractivity contribution in [3.63, 3.8) is 0 Å². The minimum absolute atomic E-state index is 0.0939. The molecule has 1 aromatic carbocycles. The van der Waals surface area contributed by atoms with Gasteiger partial charge in [-0.15, -0.1) is 0 Å². The van der Waals surface area contributed by atoms with Crippen molar-refractivity contribution in [1.29, 1.82) is 0 Å². The van der Waals surface area contributed by atoms with E-state index >= 15 is 0 Å². The van der Waals surface area contributed by atoms with E-state index in [-0.39, 0.29) is 12.6 Å². The van der Waals surface area contributed by atoms with Gasteiger partial charge in [0, 0.05) is 11.8 Å². The van der Waals surface area contributed by atoms with Crippen LogP contribution in [0.1, 0.15) is 25.1 Å². The highest BCUT2D eigenvalue weighted by molar-refractivity contribution is 5.75. The molecule has 1 atom stereocenters. The maximum atomic E-state index is 10.7. The Morgan fingerprint density at radius 2 is 2.25 bits per heavy atom. The number of nitrogens with one attached hydrogen (secondary N) is 1. The van der Waals surface area contributed by atoms with Crippen molar-refractivity contribution in [2.24, 2.45) is 5.73 Å². The Morgan fingerprint density at radius 1 is 1.40 bits per heavy atom. The summed E-state index contributed by atoms with van der Waals surface area (Å²) in [5.41, 5.74) is 5.95. The van der Waals surface area contributed by atoms with Gasteiger partial charge in [-0.25, -0.2) is 0 Å². The van der Waals surface area contributed by atoms with E-state index in [1.807, 2.05) is 30.3 Å². The summed E-state index contributed by atoms with van der Waals surface area (Å²) < 4.78 is 10.7. The zero-order chi connectivity index (χ0) is 14.4. The Morgan fingerprint density at radius 3 is 2.90 bits per heavy atom. The maximum Gasteiger partial charge on any atom is 0.255 e. The zero-order valence-corrected chi connectivity index (χ0v) is 11.3. The Labute approximate surface area is 117 Å². The number of amides is 1. The lowest BCUT2D eigenvalue weighted by Crippen LogP contribution is -2.20. The highest BCUT2D eigenvalue weighted by Gasteiger charge is 2.12. The van der Waals surface area contributed by atoms with Gasteiger partial charge in [0.2, 0.25) is 0 Å². The molecule has 20 heavy (non-hydrogen) atoms. The van der Waals surface area contributed by atoms with Crippen LogP contribution in [0, 0.1) is 0 Å². The Hall–Kier alpha value is -2.43. The quantitative estimate of drug-likeness (QED) is 0.813. The number of rotatable bonds is 7. The Bertz CT molecular complexity index is 552. The molecule has 0 saturated carbocycles. The molecule has 5 nitrogen and oxygen atoms in total. The molecule has 0 aliphatic carbocycles. The van der Waals surface area contributed by atoms with Crippen LogP contribution in [0.2, 0.25) is 0 Å². The monoisotopic (exact) mass is 274 g/mol. The van der Waals surface area contributed by atoms with Gasteiger partial charge >= 0.3 is 0 Å². The van der Waals surface area contributed by atoms with Gasteiger partial charge in [-0.1, -0.05) is 13.0 Å². The average Bonchev–Trinajstić information content (AvgIpc) is 2.97. The highest BCUT2D eigenvalue weighted by atomic mass is 16.5. The van der Waals surface area contributed by atoms with Crippen molar-refractivity contribution in [2.45, 2.75) is 19.4 Å². The predicted octanol–water partition coefficient (Wildman–Crippen LogP) is 2.71. The number of hydrogen-bond donors (Lipinski definition) is 2. The SMILES string of the molecule is CCC(Nc1cccc(OCC(N)=O)c1)c1ccco1. The van der Waals surface area contributed by atoms with Crippen LogP contribution in [0.15, 0.2) is 47.1 Å². The van der Waals surface area contributed by atoms with E-state index in [9.17, 15) is 4.79 Å². The van der Waals surface area contributed by atoms with E-state index in [2.05, 4.69) is 12.2 Å². The number of anilines is 1. The fourth-order valence-corrected chi connectivity index (χ4v) is 1.90. The zero-order valence-electron chi connectivity index (χ0n) is 11.3. The van der Waals surface area contributed by atoms with Crippen molar-refractivity contribution in [3.8, 4) is 5.75 Å². The van der Waals surface area contributed by atoms with Crippen molar-refractivity contribution in [2.75, 3.05) is 11.9 Å². The standard InChI is InChI=1S/C15H18N2O3/c1-2-13(14-7-4-8-19-14)17-11-5-3-6-12(9-11)20-10-15(16)18/h3-9,13,17H,2,10H2,1H3,(H2,16,18). The van der Waals surface area contributed by atoms with Gasteiger partial charge < -0.3 is 20.2 Å². The molecule has 2 rings (SSSR count). The summed E-state index contributed by atoms with van der Waals surface area (Å²) in [5, 5.41) is 3.37. The molecule has 0 radical (unpaired) electrons. The first kappa shape index (κ1) is 14.0. The van der Waals surface area contributed by atoms with Gasteiger partial charge in [0.05, 0.1) is 12.3 Å². The normalized spacial score (nSPS) is 11.8. The van der Waals surface area contributed by atoms with Gasteiger partial charge in [0.1, 0.15) is 11.5 Å². The molecule has 0 aliphatic heterocycles. The second-order valence-electron chi connectivity index (χ2n) is 4.40. The molecule has 106 valence electrons. The number of carbonyl (C=O) groups is 1. The maximum absolute atomic E-state index is 10.7. The molecule has 0 fully saturated rings. The lowest BCUT2D eigenvalue weighted by Gasteiger charge is -2.16. The summed E-state index contributed by atoms with van der Waals surface area (Å²) in [6.07, 6.45) is 2.55. The third-order valence-corrected chi connectivity index (χ3v) is 2.85. The summed E-state index contributed by atoms with van der Waals surface area (Å²) >= 11 is 0. The van der Waals surface area contributed by atoms with Crippen LogP contribution in [0.3, 0.4) is 0 Å². The third-order valence-electron chi connectivity index (χ3n) is 2.85. The van der Waals surface area contributed by atoms with Crippen LogP contribution in [-0.4, -0.2) is 12.5 Å². The molecular weight excluding hydrogens is 256 g/mol. The van der Waals surface area contributed by atoms with Gasteiger partial charge in [-0.2, -0.15) is 0 Å². The molecule has 2 aromatic rings. The van der Waals surface area contributed by atoms with Crippen molar-refractivity contribution < 1.29 is 13.9 Å². The van der Waals surface area contributed by atoms with Gasteiger partial charge in [-0.05, 0) is 30.7 Å². The van der Waals surface area contributed by atoms with Crippen LogP contribution >= 0.6 is 0 Å². The van der Waals surface area contributed by atoms with Crippen LogP contribution in [0.25, 0.3) is 0 Å². The van der Waals surface area contributed by atoms with Gasteiger partial charge in [0.15, 0.2) is 6.61 Å². The van der Waals surface area contributed by atoms with E-state index in [0.29, 0.717) is 5.75 Å². The molecule has 0 bridgehead atoms. The lowest BCUT2D eigenvalue weighted by molar-refractivity contribution is -0.119. The number of nitrogens with two attached hydrogens (primary N) is 1. The molecule has 1 aromatic heterocycles. The first-order chi connectivity index (χ1) is 9.69. The second kappa shape index (κ2) is 6.65. The fourth-order valence-electron chi connectivity index (χ4n) is 1.90. The average molecular weight is 274 g/mol. The first-order valence-electron chi connectivity index (χ1n) is 6.50. The number of hydrogen-bond acceptors (Lipinski definition) is 4. The van der Waals surface area contributed by atoms with Crippen LogP contribution in [0.5, 0.6) is 5.75 Å². The first-order valence-corrected chi connectivity index (χ1v) is 6.50. The van der Waals surface area contributed by atoms with E-state index in [1.54, 1.807) is 12.3 Å². The third kappa shape index (κ3) is 3.78. The van der Waals surface area contributed by atoms with E-state index in [1.165, 1.54) is 0 Å². The van der Waals surface area contributed by atoms with Gasteiger partial charge in [0.25, 0.3) is 5.91 Å². The topological polar surface area (TPSA) is 77.5 Å². The minimum Gasteiger partial charge on any atom is -0.484 e. The smallest absolute Gasteiger partial charge is 0.255 e. The summed E-state index contributed by atoms with van der Waals surface area (Å²) in [6, 6.07) is 11.3. The van der Waals surface area contributed by atoms with Crippen LogP contribution in [-0.2, 0) is 4.79 Å². The van der Waals surface area contributed by atoms with Crippen molar-refractivity contribution in [3.05, 3.63) is 48.4 Å². The summed E-state index contributed by atoms with van der Waals surface area (Å²) in [4.78, 5) is 10.7. The summed E-state index contributed by atoms with van der Waals surface area (Å²) in [6.45, 7) is 1.95. The van der Waals surface area contributed by atoms with E-state index in [4.69, 9.17) is 14.9 Å². The molecule has 1 amide bonds. The minimum atomic E-state index is -0.495. The molecule has 3 N–H and O–H groups in total. The van der Waals surface area contributed by atoms with E-state index in [0.717, 1.165) is 17.9 Å². The molecular formula is C15H18N2O3. The molecule has 0 saturated heterocycles. The number of benzene rings is 1. The predicted molar refractivity (Wildman–Crippen MR) is 76.5 cm³/mol.